The molecule has 0 bridgehead atoms. The summed E-state index contributed by atoms with van der Waals surface area (Å²) in [7, 11) is 0. The molecule has 2 N–H and O–H groups in total. The highest BCUT2D eigenvalue weighted by Crippen LogP contribution is 2.38. The highest BCUT2D eigenvalue weighted by atomic mass is 32.2. The Bertz CT molecular complexity index is 443. The van der Waals surface area contributed by atoms with Gasteiger partial charge in [0.05, 0.1) is 11.1 Å². The number of hydrogen-bond acceptors (Lipinski definition) is 3. The summed E-state index contributed by atoms with van der Waals surface area (Å²) in [4.78, 5) is 4.75. The molecule has 17 heavy (non-hydrogen) atoms. The van der Waals surface area contributed by atoms with Crippen LogP contribution >= 0.6 is 11.8 Å². The van der Waals surface area contributed by atoms with E-state index in [1.807, 2.05) is 0 Å². The second-order valence-electron chi connectivity index (χ2n) is 4.74. The normalized spacial score (nSPS) is 32.1. The molecule has 1 fully saturated rings. The minimum atomic E-state index is -0.197. The highest BCUT2D eigenvalue weighted by Gasteiger charge is 2.35. The van der Waals surface area contributed by atoms with Crippen molar-refractivity contribution in [1.82, 2.24) is 0 Å². The zero-order chi connectivity index (χ0) is 11.8. The third-order valence-corrected chi connectivity index (χ3v) is 4.81. The third kappa shape index (κ3) is 2.24. The van der Waals surface area contributed by atoms with Gasteiger partial charge in [-0.2, -0.15) is 0 Å². The van der Waals surface area contributed by atoms with Crippen molar-refractivity contribution >= 4 is 16.8 Å². The Morgan fingerprint density at radius 2 is 2.00 bits per heavy atom. The Balaban J connectivity index is 1.80. The van der Waals surface area contributed by atoms with Crippen molar-refractivity contribution in [1.29, 1.82) is 0 Å². The number of rotatable bonds is 1. The number of nitrogens with zero attached hydrogens (tertiary/aromatic N) is 1. The van der Waals surface area contributed by atoms with Crippen molar-refractivity contribution in [3.05, 3.63) is 35.6 Å². The Labute approximate surface area is 104 Å². The van der Waals surface area contributed by atoms with Crippen molar-refractivity contribution in [3.63, 3.8) is 0 Å². The first-order valence-corrected chi connectivity index (χ1v) is 6.86. The Hall–Kier alpha value is -0.870. The fraction of sp³-hybridized carbons (Fsp3) is 0.462. The maximum atomic E-state index is 12.9. The van der Waals surface area contributed by atoms with Crippen LogP contribution in [-0.2, 0) is 0 Å². The molecule has 1 aliphatic heterocycles. The monoisotopic (exact) mass is 250 g/mol. The van der Waals surface area contributed by atoms with Gasteiger partial charge in [-0.15, -0.1) is 11.8 Å². The SMILES string of the molecule is NC1CCC2N=C(c3ccc(F)cc3)SC2C1. The molecule has 1 aliphatic carbocycles. The van der Waals surface area contributed by atoms with Crippen LogP contribution in [0.5, 0.6) is 0 Å². The van der Waals surface area contributed by atoms with E-state index in [1.165, 1.54) is 12.1 Å². The Kier molecular flexibility index (Phi) is 2.92. The number of hydrogen-bond donors (Lipinski definition) is 1. The van der Waals surface area contributed by atoms with Crippen molar-refractivity contribution in [2.75, 3.05) is 0 Å². The molecule has 0 saturated heterocycles. The molecule has 2 aliphatic rings. The lowest BCUT2D eigenvalue weighted by Gasteiger charge is -2.27. The summed E-state index contributed by atoms with van der Waals surface area (Å²) in [5, 5.41) is 1.58. The molecule has 3 rings (SSSR count). The van der Waals surface area contributed by atoms with Crippen LogP contribution < -0.4 is 5.73 Å². The molecule has 2 nitrogen and oxygen atoms in total. The summed E-state index contributed by atoms with van der Waals surface area (Å²) < 4.78 is 12.9. The van der Waals surface area contributed by atoms with Gasteiger partial charge in [0.1, 0.15) is 5.82 Å². The smallest absolute Gasteiger partial charge is 0.123 e. The molecule has 0 spiro atoms. The summed E-state index contributed by atoms with van der Waals surface area (Å²) in [6.45, 7) is 0. The van der Waals surface area contributed by atoms with E-state index < -0.39 is 0 Å². The molecule has 90 valence electrons. The fourth-order valence-corrected chi connectivity index (χ4v) is 3.93. The minimum Gasteiger partial charge on any atom is -0.328 e. The second kappa shape index (κ2) is 4.42. The molecule has 1 saturated carbocycles. The first kappa shape index (κ1) is 11.2. The lowest BCUT2D eigenvalue weighted by Crippen LogP contribution is -2.35. The summed E-state index contributed by atoms with van der Waals surface area (Å²) in [6.07, 6.45) is 3.20. The molecule has 0 aromatic heterocycles. The molecular weight excluding hydrogens is 235 g/mol. The average Bonchev–Trinajstić information content (AvgIpc) is 2.72. The summed E-state index contributed by atoms with van der Waals surface area (Å²) in [5.74, 6) is -0.197. The van der Waals surface area contributed by atoms with Crippen molar-refractivity contribution in [3.8, 4) is 0 Å². The van der Waals surface area contributed by atoms with Crippen LogP contribution in [0, 0.1) is 5.82 Å². The van der Waals surface area contributed by atoms with Crippen LogP contribution in [0.1, 0.15) is 24.8 Å². The van der Waals surface area contributed by atoms with E-state index >= 15 is 0 Å². The van der Waals surface area contributed by atoms with E-state index in [4.69, 9.17) is 10.7 Å². The van der Waals surface area contributed by atoms with E-state index in [1.54, 1.807) is 23.9 Å². The zero-order valence-electron chi connectivity index (χ0n) is 9.47. The molecule has 0 radical (unpaired) electrons. The first-order valence-electron chi connectivity index (χ1n) is 5.98. The largest absolute Gasteiger partial charge is 0.328 e. The summed E-state index contributed by atoms with van der Waals surface area (Å²) in [5.41, 5.74) is 7.01. The number of thioether (sulfide) groups is 1. The van der Waals surface area contributed by atoms with Crippen molar-refractivity contribution in [2.45, 2.75) is 36.6 Å². The molecule has 1 aromatic rings. The van der Waals surface area contributed by atoms with Crippen LogP contribution in [0.25, 0.3) is 0 Å². The Morgan fingerprint density at radius 1 is 1.24 bits per heavy atom. The molecular formula is C13H15FN2S. The van der Waals surface area contributed by atoms with Gasteiger partial charge in [0, 0.05) is 16.9 Å². The third-order valence-electron chi connectivity index (χ3n) is 3.43. The molecule has 1 heterocycles. The van der Waals surface area contributed by atoms with E-state index in [0.717, 1.165) is 29.9 Å². The number of fused-ring (bicyclic) bond motifs is 1. The average molecular weight is 250 g/mol. The van der Waals surface area contributed by atoms with E-state index in [2.05, 4.69) is 0 Å². The number of benzene rings is 1. The zero-order valence-corrected chi connectivity index (χ0v) is 10.3. The lowest BCUT2D eigenvalue weighted by molar-refractivity contribution is 0.412. The van der Waals surface area contributed by atoms with Gasteiger partial charge < -0.3 is 5.73 Å². The van der Waals surface area contributed by atoms with Gasteiger partial charge in [0.15, 0.2) is 0 Å². The van der Waals surface area contributed by atoms with Crippen LogP contribution in [0.4, 0.5) is 4.39 Å². The maximum Gasteiger partial charge on any atom is 0.123 e. The van der Waals surface area contributed by atoms with E-state index in [-0.39, 0.29) is 5.82 Å². The molecule has 1 aromatic carbocycles. The van der Waals surface area contributed by atoms with Gasteiger partial charge in [-0.3, -0.25) is 4.99 Å². The molecule has 4 heteroatoms. The molecule has 3 atom stereocenters. The predicted molar refractivity (Wildman–Crippen MR) is 69.9 cm³/mol. The van der Waals surface area contributed by atoms with Crippen LogP contribution in [0.15, 0.2) is 29.3 Å². The first-order chi connectivity index (χ1) is 8.22. The van der Waals surface area contributed by atoms with Crippen molar-refractivity contribution in [2.24, 2.45) is 10.7 Å². The summed E-state index contributed by atoms with van der Waals surface area (Å²) in [6, 6.07) is 7.33. The number of nitrogens with two attached hydrogens (primary N) is 1. The van der Waals surface area contributed by atoms with Crippen LogP contribution in [0.2, 0.25) is 0 Å². The maximum absolute atomic E-state index is 12.9. The minimum absolute atomic E-state index is 0.197. The van der Waals surface area contributed by atoms with Crippen LogP contribution in [-0.4, -0.2) is 22.4 Å². The number of halogens is 1. The van der Waals surface area contributed by atoms with Gasteiger partial charge >= 0.3 is 0 Å². The number of aliphatic imine (C=N–C) groups is 1. The van der Waals surface area contributed by atoms with E-state index in [9.17, 15) is 4.39 Å². The quantitative estimate of drug-likeness (QED) is 0.832. The molecule has 3 unspecified atom stereocenters. The van der Waals surface area contributed by atoms with Crippen LogP contribution in [0.3, 0.4) is 0 Å². The van der Waals surface area contributed by atoms with Gasteiger partial charge in [-0.05, 0) is 43.5 Å². The fourth-order valence-electron chi connectivity index (χ4n) is 2.48. The lowest BCUT2D eigenvalue weighted by atomic mass is 9.92. The summed E-state index contributed by atoms with van der Waals surface area (Å²) >= 11 is 1.80. The standard InChI is InChI=1S/C13H15FN2S/c14-9-3-1-8(2-4-9)13-16-11-6-5-10(15)7-12(11)17-13/h1-4,10-12H,5-7,15H2. The van der Waals surface area contributed by atoms with E-state index in [0.29, 0.717) is 17.3 Å². The van der Waals surface area contributed by atoms with Crippen molar-refractivity contribution < 1.29 is 4.39 Å². The topological polar surface area (TPSA) is 38.4 Å². The molecule has 0 amide bonds. The predicted octanol–water partition coefficient (Wildman–Crippen LogP) is 2.57. The van der Waals surface area contributed by atoms with Gasteiger partial charge in [-0.25, -0.2) is 4.39 Å². The van der Waals surface area contributed by atoms with Gasteiger partial charge in [-0.1, -0.05) is 0 Å². The highest BCUT2D eigenvalue weighted by molar-refractivity contribution is 8.15. The second-order valence-corrected chi connectivity index (χ2v) is 5.97. The van der Waals surface area contributed by atoms with Gasteiger partial charge in [0.2, 0.25) is 0 Å². The Morgan fingerprint density at radius 3 is 2.76 bits per heavy atom. The van der Waals surface area contributed by atoms with Gasteiger partial charge in [0.25, 0.3) is 0 Å².